The van der Waals surface area contributed by atoms with Gasteiger partial charge in [-0.25, -0.2) is 0 Å². The van der Waals surface area contributed by atoms with Gasteiger partial charge in [-0.3, -0.25) is 4.79 Å². The van der Waals surface area contributed by atoms with Gasteiger partial charge >= 0.3 is 0 Å². The molecule has 0 radical (unpaired) electrons. The smallest absolute Gasteiger partial charge is 0.229 e. The highest BCUT2D eigenvalue weighted by Crippen LogP contribution is 2.54. The fourth-order valence-electron chi connectivity index (χ4n) is 2.07. The third-order valence-corrected chi connectivity index (χ3v) is 4.16. The molecule has 0 bridgehead atoms. The van der Waals surface area contributed by atoms with Crippen LogP contribution in [0.15, 0.2) is 0 Å². The Bertz CT molecular complexity index is 267. The predicted molar refractivity (Wildman–Crippen MR) is 70.5 cm³/mol. The molecule has 1 aliphatic rings. The average molecular weight is 282 g/mol. The monoisotopic (exact) mass is 281 g/mol. The fraction of sp³-hybridized carbons (Fsp3) is 0.917. The van der Waals surface area contributed by atoms with Gasteiger partial charge in [-0.1, -0.05) is 13.8 Å². The highest BCUT2D eigenvalue weighted by Gasteiger charge is 2.57. The van der Waals surface area contributed by atoms with Crippen molar-refractivity contribution in [3.63, 3.8) is 0 Å². The molecule has 5 heteroatoms. The maximum absolute atomic E-state index is 12.3. The van der Waals surface area contributed by atoms with Crippen LogP contribution in [0.5, 0.6) is 0 Å². The van der Waals surface area contributed by atoms with Crippen LogP contribution in [0.2, 0.25) is 0 Å². The zero-order valence-electron chi connectivity index (χ0n) is 10.7. The molecule has 17 heavy (non-hydrogen) atoms. The molecule has 1 amide bonds. The number of carbonyl (C=O) groups is 1. The lowest BCUT2D eigenvalue weighted by Gasteiger charge is -2.30. The number of hydrogen-bond donors (Lipinski definition) is 0. The molecule has 0 saturated heterocycles. The van der Waals surface area contributed by atoms with Crippen LogP contribution in [0.1, 0.15) is 33.1 Å². The van der Waals surface area contributed by atoms with E-state index in [0.29, 0.717) is 19.6 Å². The zero-order chi connectivity index (χ0) is 13.1. The van der Waals surface area contributed by atoms with Crippen molar-refractivity contribution >= 4 is 29.1 Å². The normalized spacial score (nSPS) is 21.6. The van der Waals surface area contributed by atoms with Gasteiger partial charge in [0.2, 0.25) is 5.91 Å². The van der Waals surface area contributed by atoms with Gasteiger partial charge in [0.25, 0.3) is 0 Å². The number of alkyl halides is 2. The summed E-state index contributed by atoms with van der Waals surface area (Å²) >= 11 is 11.9. The van der Waals surface area contributed by atoms with E-state index >= 15 is 0 Å². The van der Waals surface area contributed by atoms with Gasteiger partial charge in [-0.2, -0.15) is 0 Å². The van der Waals surface area contributed by atoms with Crippen LogP contribution in [-0.4, -0.2) is 41.4 Å². The molecule has 1 rings (SSSR count). The summed E-state index contributed by atoms with van der Waals surface area (Å²) in [6.45, 7) is 5.33. The summed E-state index contributed by atoms with van der Waals surface area (Å²) in [6.07, 6.45) is 2.45. The summed E-state index contributed by atoms with van der Waals surface area (Å²) in [5, 5.41) is 0. The molecule has 0 aromatic heterocycles. The molecular formula is C12H21Cl2NO2. The molecule has 3 nitrogen and oxygen atoms in total. The second kappa shape index (κ2) is 6.26. The first-order valence-electron chi connectivity index (χ1n) is 6.15. The first kappa shape index (κ1) is 15.1. The van der Waals surface area contributed by atoms with Crippen molar-refractivity contribution in [2.75, 3.05) is 20.3 Å². The van der Waals surface area contributed by atoms with E-state index < -0.39 is 4.33 Å². The number of hydrogen-bond acceptors (Lipinski definition) is 2. The van der Waals surface area contributed by atoms with E-state index in [9.17, 15) is 4.79 Å². The minimum atomic E-state index is -0.839. The third-order valence-electron chi connectivity index (χ3n) is 3.33. The first-order valence-corrected chi connectivity index (χ1v) is 6.90. The number of ether oxygens (including phenoxy) is 1. The summed E-state index contributed by atoms with van der Waals surface area (Å²) in [4.78, 5) is 14.2. The van der Waals surface area contributed by atoms with Gasteiger partial charge in [0.1, 0.15) is 4.33 Å². The Balaban J connectivity index is 2.65. The molecule has 1 saturated carbocycles. The van der Waals surface area contributed by atoms with E-state index in [-0.39, 0.29) is 17.9 Å². The van der Waals surface area contributed by atoms with E-state index in [1.54, 1.807) is 7.11 Å². The van der Waals surface area contributed by atoms with Crippen LogP contribution < -0.4 is 0 Å². The van der Waals surface area contributed by atoms with Gasteiger partial charge in [0, 0.05) is 19.7 Å². The number of carbonyl (C=O) groups excluding carboxylic acids is 1. The SMILES string of the molecule is CCC(CC)N(CCOC)C(=O)C1CC1(Cl)Cl. The molecule has 100 valence electrons. The van der Waals surface area contributed by atoms with E-state index in [1.165, 1.54) is 0 Å². The second-order valence-electron chi connectivity index (χ2n) is 4.51. The lowest BCUT2D eigenvalue weighted by Crippen LogP contribution is -2.43. The van der Waals surface area contributed by atoms with Gasteiger partial charge in [0.05, 0.1) is 12.5 Å². The standard InChI is InChI=1S/C12H21Cl2NO2/c1-4-9(5-2)15(6-7-17-3)11(16)10-8-12(10,13)14/h9-10H,4-8H2,1-3H3. The highest BCUT2D eigenvalue weighted by molar-refractivity contribution is 6.52. The summed E-state index contributed by atoms with van der Waals surface area (Å²) in [7, 11) is 1.64. The van der Waals surface area contributed by atoms with Crippen molar-refractivity contribution in [1.29, 1.82) is 0 Å². The average Bonchev–Trinajstić information content (AvgIpc) is 2.93. The molecule has 0 spiro atoms. The maximum Gasteiger partial charge on any atom is 0.229 e. The van der Waals surface area contributed by atoms with Crippen molar-refractivity contribution in [3.8, 4) is 0 Å². The van der Waals surface area contributed by atoms with Crippen molar-refractivity contribution in [3.05, 3.63) is 0 Å². The van der Waals surface area contributed by atoms with Crippen molar-refractivity contribution in [1.82, 2.24) is 4.90 Å². The van der Waals surface area contributed by atoms with Crippen LogP contribution in [0.4, 0.5) is 0 Å². The van der Waals surface area contributed by atoms with Gasteiger partial charge in [0.15, 0.2) is 0 Å². The largest absolute Gasteiger partial charge is 0.383 e. The Morgan fingerprint density at radius 3 is 2.35 bits per heavy atom. The number of methoxy groups -OCH3 is 1. The minimum absolute atomic E-state index is 0.0701. The van der Waals surface area contributed by atoms with Crippen LogP contribution in [0.25, 0.3) is 0 Å². The number of amides is 1. The Kier molecular flexibility index (Phi) is 5.55. The molecule has 0 aromatic carbocycles. The van der Waals surface area contributed by atoms with Crippen LogP contribution in [0, 0.1) is 5.92 Å². The van der Waals surface area contributed by atoms with E-state index in [4.69, 9.17) is 27.9 Å². The van der Waals surface area contributed by atoms with E-state index in [2.05, 4.69) is 13.8 Å². The molecule has 1 unspecified atom stereocenters. The quantitative estimate of drug-likeness (QED) is 0.672. The van der Waals surface area contributed by atoms with Crippen molar-refractivity contribution < 1.29 is 9.53 Å². The molecular weight excluding hydrogens is 261 g/mol. The van der Waals surface area contributed by atoms with E-state index in [1.807, 2.05) is 4.90 Å². The van der Waals surface area contributed by atoms with Gasteiger partial charge in [-0.15, -0.1) is 23.2 Å². The summed E-state index contributed by atoms with van der Waals surface area (Å²) in [5.74, 6) is -0.163. The Morgan fingerprint density at radius 2 is 2.00 bits per heavy atom. The number of rotatable bonds is 7. The maximum atomic E-state index is 12.3. The second-order valence-corrected chi connectivity index (χ2v) is 6.05. The van der Waals surface area contributed by atoms with Crippen LogP contribution in [0.3, 0.4) is 0 Å². The molecule has 1 aliphatic carbocycles. The molecule has 1 fully saturated rings. The minimum Gasteiger partial charge on any atom is -0.383 e. The number of halogens is 2. The third kappa shape index (κ3) is 3.73. The molecule has 0 aliphatic heterocycles. The summed E-state index contributed by atoms with van der Waals surface area (Å²) in [6, 6.07) is 0.252. The lowest BCUT2D eigenvalue weighted by molar-refractivity contribution is -0.135. The van der Waals surface area contributed by atoms with E-state index in [0.717, 1.165) is 12.8 Å². The molecule has 0 heterocycles. The summed E-state index contributed by atoms with van der Waals surface area (Å²) in [5.41, 5.74) is 0. The Hall–Kier alpha value is 0.01000. The lowest BCUT2D eigenvalue weighted by atomic mass is 10.1. The topological polar surface area (TPSA) is 29.5 Å². The van der Waals surface area contributed by atoms with Crippen LogP contribution >= 0.6 is 23.2 Å². The number of nitrogens with zero attached hydrogens (tertiary/aromatic N) is 1. The predicted octanol–water partition coefficient (Wildman–Crippen LogP) is 2.84. The zero-order valence-corrected chi connectivity index (χ0v) is 12.2. The fourth-order valence-corrected chi connectivity index (χ4v) is 2.57. The van der Waals surface area contributed by atoms with Crippen molar-refractivity contribution in [2.24, 2.45) is 5.92 Å². The Labute approximate surface area is 113 Å². The van der Waals surface area contributed by atoms with Gasteiger partial charge < -0.3 is 9.64 Å². The van der Waals surface area contributed by atoms with Gasteiger partial charge in [-0.05, 0) is 19.3 Å². The molecule has 0 aromatic rings. The van der Waals surface area contributed by atoms with Crippen LogP contribution in [-0.2, 0) is 9.53 Å². The molecule has 0 N–H and O–H groups in total. The highest BCUT2D eigenvalue weighted by atomic mass is 35.5. The van der Waals surface area contributed by atoms with Crippen molar-refractivity contribution in [2.45, 2.75) is 43.5 Å². The summed E-state index contributed by atoms with van der Waals surface area (Å²) < 4.78 is 4.22. The first-order chi connectivity index (χ1) is 7.97. The molecule has 1 atom stereocenters. The Morgan fingerprint density at radius 1 is 1.47 bits per heavy atom.